The Kier molecular flexibility index (Phi) is 7.51. The summed E-state index contributed by atoms with van der Waals surface area (Å²) in [5.74, 6) is 0.937. The quantitative estimate of drug-likeness (QED) is 0.301. The van der Waals surface area contributed by atoms with Crippen molar-refractivity contribution in [1.82, 2.24) is 24.6 Å². The zero-order valence-electron chi connectivity index (χ0n) is 19.2. The first-order valence-corrected chi connectivity index (χ1v) is 14.3. The van der Waals surface area contributed by atoms with Gasteiger partial charge in [-0.2, -0.15) is 0 Å². The number of fused-ring (bicyclic) bond motifs is 1. The van der Waals surface area contributed by atoms with Crippen molar-refractivity contribution in [3.05, 3.63) is 67.9 Å². The van der Waals surface area contributed by atoms with Crippen LogP contribution in [0.15, 0.2) is 45.1 Å². The molecule has 0 fully saturated rings. The van der Waals surface area contributed by atoms with Crippen molar-refractivity contribution in [2.45, 2.75) is 37.8 Å². The molecule has 0 aliphatic heterocycles. The summed E-state index contributed by atoms with van der Waals surface area (Å²) in [5, 5.41) is 2.58. The highest BCUT2D eigenvalue weighted by Crippen LogP contribution is 2.34. The molecule has 4 rings (SSSR count). The first-order chi connectivity index (χ1) is 16.6. The van der Waals surface area contributed by atoms with Crippen LogP contribution in [0.4, 0.5) is 4.79 Å². The average molecular weight is 597 g/mol. The van der Waals surface area contributed by atoms with Crippen molar-refractivity contribution >= 4 is 66.1 Å². The largest absolute Gasteiger partial charge is 0.337 e. The Morgan fingerprint density at radius 1 is 1.17 bits per heavy atom. The molecule has 0 aliphatic carbocycles. The molecule has 2 N–H and O–H groups in total. The van der Waals surface area contributed by atoms with Crippen molar-refractivity contribution in [3.63, 3.8) is 0 Å². The number of imidazole rings is 1. The van der Waals surface area contributed by atoms with E-state index in [2.05, 4.69) is 32.7 Å². The van der Waals surface area contributed by atoms with Crippen LogP contribution >= 0.6 is 38.9 Å². The van der Waals surface area contributed by atoms with Gasteiger partial charge in [-0.15, -0.1) is 11.3 Å². The van der Waals surface area contributed by atoms with Gasteiger partial charge >= 0.3 is 6.03 Å². The maximum Gasteiger partial charge on any atom is 0.328 e. The van der Waals surface area contributed by atoms with Gasteiger partial charge in [-0.05, 0) is 71.6 Å². The number of thiophene rings is 1. The maximum atomic E-state index is 12.4. The monoisotopic (exact) mass is 595 g/mol. The second-order valence-corrected chi connectivity index (χ2v) is 12.3. The number of benzene rings is 1. The van der Waals surface area contributed by atoms with Crippen molar-refractivity contribution in [1.29, 1.82) is 0 Å². The Morgan fingerprint density at radius 2 is 1.89 bits per heavy atom. The highest BCUT2D eigenvalue weighted by molar-refractivity contribution is 9.10. The van der Waals surface area contributed by atoms with E-state index in [-0.39, 0.29) is 10.8 Å². The van der Waals surface area contributed by atoms with Crippen molar-refractivity contribution < 1.29 is 13.2 Å². The summed E-state index contributed by atoms with van der Waals surface area (Å²) < 4.78 is 29.4. The normalized spacial score (nSPS) is 11.7. The number of hydrogen-bond donors (Lipinski definition) is 2. The van der Waals surface area contributed by atoms with Crippen LogP contribution in [0.2, 0.25) is 4.34 Å². The molecular weight excluding hydrogens is 574 g/mol. The minimum absolute atomic E-state index is 0.0495. The number of nitrogens with one attached hydrogen (secondary N) is 2. The molecule has 3 heterocycles. The molecule has 0 saturated carbocycles. The number of pyridine rings is 1. The second kappa shape index (κ2) is 10.3. The average Bonchev–Trinajstić information content (AvgIpc) is 3.33. The van der Waals surface area contributed by atoms with E-state index in [1.165, 1.54) is 6.07 Å². The molecule has 0 spiro atoms. The molecule has 4 aromatic rings. The van der Waals surface area contributed by atoms with Crippen molar-refractivity contribution in [2.75, 3.05) is 6.54 Å². The van der Waals surface area contributed by atoms with Crippen LogP contribution in [-0.4, -0.2) is 35.5 Å². The van der Waals surface area contributed by atoms with Gasteiger partial charge in [-0.3, -0.25) is 4.57 Å². The zero-order valence-corrected chi connectivity index (χ0v) is 23.2. The number of carbonyl (C=O) groups is 1. The molecule has 35 heavy (non-hydrogen) atoms. The third-order valence-corrected chi connectivity index (χ3v) is 9.59. The lowest BCUT2D eigenvalue weighted by Crippen LogP contribution is -2.40. The predicted molar refractivity (Wildman–Crippen MR) is 142 cm³/mol. The van der Waals surface area contributed by atoms with Gasteiger partial charge in [0.15, 0.2) is 9.86 Å². The lowest BCUT2D eigenvalue weighted by atomic mass is 10.1. The van der Waals surface area contributed by atoms with Gasteiger partial charge < -0.3 is 5.32 Å². The third kappa shape index (κ3) is 5.53. The Labute approximate surface area is 220 Å². The molecule has 0 saturated heterocycles. The summed E-state index contributed by atoms with van der Waals surface area (Å²) >= 11 is 9.86. The number of halogens is 2. The second-order valence-electron chi connectivity index (χ2n) is 7.93. The fraction of sp³-hybridized carbons (Fsp3) is 0.261. The summed E-state index contributed by atoms with van der Waals surface area (Å²) in [6, 6.07) is 10.7. The fourth-order valence-electron chi connectivity index (χ4n) is 3.76. The number of amides is 2. The molecule has 1 aromatic carbocycles. The van der Waals surface area contributed by atoms with Gasteiger partial charge in [0, 0.05) is 24.3 Å². The standard InChI is InChI=1S/C23H23BrClN5O3S2/c1-4-19-28-20-13(2)11-14(3)27-21(20)30(19)16-7-5-15(6-8-16)9-10-26-23(31)29-35(32,33)22-17(24)12-18(25)34-22/h5-8,11-12H,4,9-10H2,1-3H3,(H2,26,29,31). The molecular formula is C23H23BrClN5O3S2. The lowest BCUT2D eigenvalue weighted by Gasteiger charge is -2.10. The number of aromatic nitrogens is 3. The van der Waals surface area contributed by atoms with E-state index in [0.29, 0.717) is 15.2 Å². The molecule has 2 amide bonds. The first-order valence-electron chi connectivity index (χ1n) is 10.8. The number of aryl methyl sites for hydroxylation is 3. The van der Waals surface area contributed by atoms with Crippen LogP contribution in [0, 0.1) is 13.8 Å². The van der Waals surface area contributed by atoms with Crippen LogP contribution in [0.3, 0.4) is 0 Å². The highest BCUT2D eigenvalue weighted by atomic mass is 79.9. The van der Waals surface area contributed by atoms with Crippen LogP contribution in [-0.2, 0) is 22.9 Å². The number of sulfonamides is 1. The smallest absolute Gasteiger partial charge is 0.328 e. The van der Waals surface area contributed by atoms with Gasteiger partial charge in [-0.25, -0.2) is 27.9 Å². The molecule has 0 atom stereocenters. The fourth-order valence-corrected chi connectivity index (χ4v) is 7.70. The summed E-state index contributed by atoms with van der Waals surface area (Å²) in [5.41, 5.74) is 5.73. The molecule has 184 valence electrons. The number of urea groups is 1. The minimum atomic E-state index is -4.02. The molecule has 0 unspecified atom stereocenters. The minimum Gasteiger partial charge on any atom is -0.337 e. The molecule has 0 aliphatic rings. The van der Waals surface area contributed by atoms with Crippen LogP contribution in [0.25, 0.3) is 16.9 Å². The van der Waals surface area contributed by atoms with E-state index >= 15 is 0 Å². The topological polar surface area (TPSA) is 106 Å². The van der Waals surface area contributed by atoms with E-state index in [1.807, 2.05) is 48.9 Å². The maximum absolute atomic E-state index is 12.4. The lowest BCUT2D eigenvalue weighted by molar-refractivity contribution is 0.246. The van der Waals surface area contributed by atoms with Crippen LogP contribution in [0.5, 0.6) is 0 Å². The van der Waals surface area contributed by atoms with Crippen molar-refractivity contribution in [2.24, 2.45) is 0 Å². The number of carbonyl (C=O) groups excluding carboxylic acids is 1. The summed E-state index contributed by atoms with van der Waals surface area (Å²) in [4.78, 5) is 21.6. The SMILES string of the molecule is CCc1nc2c(C)cc(C)nc2n1-c1ccc(CCNC(=O)NS(=O)(=O)c2sc(Cl)cc2Br)cc1. The van der Waals surface area contributed by atoms with Gasteiger partial charge in [-0.1, -0.05) is 30.7 Å². The summed E-state index contributed by atoms with van der Waals surface area (Å²) in [6.45, 7) is 6.35. The Bertz CT molecular complexity index is 1510. The zero-order chi connectivity index (χ0) is 25.3. The summed E-state index contributed by atoms with van der Waals surface area (Å²) in [7, 11) is -4.02. The Morgan fingerprint density at radius 3 is 2.51 bits per heavy atom. The first kappa shape index (κ1) is 25.6. The predicted octanol–water partition coefficient (Wildman–Crippen LogP) is 5.31. The molecule has 3 aromatic heterocycles. The van der Waals surface area contributed by atoms with Gasteiger partial charge in [0.25, 0.3) is 10.0 Å². The van der Waals surface area contributed by atoms with Gasteiger partial charge in [0.1, 0.15) is 11.3 Å². The number of nitrogens with zero attached hydrogens (tertiary/aromatic N) is 3. The third-order valence-electron chi connectivity index (χ3n) is 5.31. The van der Waals surface area contributed by atoms with Gasteiger partial charge in [0.2, 0.25) is 0 Å². The molecule has 12 heteroatoms. The van der Waals surface area contributed by atoms with E-state index in [4.69, 9.17) is 21.6 Å². The van der Waals surface area contributed by atoms with E-state index < -0.39 is 16.1 Å². The molecule has 0 bridgehead atoms. The van der Waals surface area contributed by atoms with Crippen LogP contribution in [0.1, 0.15) is 29.6 Å². The van der Waals surface area contributed by atoms with E-state index in [0.717, 1.165) is 57.3 Å². The van der Waals surface area contributed by atoms with Crippen LogP contribution < -0.4 is 10.0 Å². The molecule has 0 radical (unpaired) electrons. The van der Waals surface area contributed by atoms with Crippen molar-refractivity contribution in [3.8, 4) is 5.69 Å². The van der Waals surface area contributed by atoms with E-state index in [9.17, 15) is 13.2 Å². The summed E-state index contributed by atoms with van der Waals surface area (Å²) in [6.07, 6.45) is 1.30. The Balaban J connectivity index is 1.42. The number of rotatable bonds is 7. The highest BCUT2D eigenvalue weighted by Gasteiger charge is 2.23. The van der Waals surface area contributed by atoms with Gasteiger partial charge in [0.05, 0.1) is 8.81 Å². The molecule has 8 nitrogen and oxygen atoms in total. The Hall–Kier alpha value is -2.47. The van der Waals surface area contributed by atoms with E-state index in [1.54, 1.807) is 0 Å². The number of hydrogen-bond acceptors (Lipinski definition) is 6.